The largest absolute Gasteiger partial charge is 0.368 e. The molecule has 0 spiro atoms. The number of hydrogen-bond acceptors (Lipinski definition) is 3. The highest BCUT2D eigenvalue weighted by Crippen LogP contribution is 2.43. The SMILES string of the molecule is Cc1ccccc1[C@H](C(N)=O)N(C(=O)c1cccnc1)[C@@H]1CCc2c(F)cc(Cl)cc21. The molecule has 31 heavy (non-hydrogen) atoms. The lowest BCUT2D eigenvalue weighted by molar-refractivity contribution is -0.123. The normalized spacial score (nSPS) is 15.9. The van der Waals surface area contributed by atoms with Crippen LogP contribution in [0.15, 0.2) is 60.9 Å². The summed E-state index contributed by atoms with van der Waals surface area (Å²) in [6.07, 6.45) is 3.89. The molecule has 0 saturated carbocycles. The molecule has 3 aromatic rings. The van der Waals surface area contributed by atoms with Crippen LogP contribution in [0.3, 0.4) is 0 Å². The van der Waals surface area contributed by atoms with E-state index in [9.17, 15) is 14.0 Å². The monoisotopic (exact) mass is 437 g/mol. The van der Waals surface area contributed by atoms with E-state index in [-0.39, 0.29) is 5.02 Å². The van der Waals surface area contributed by atoms with Gasteiger partial charge in [-0.25, -0.2) is 4.39 Å². The smallest absolute Gasteiger partial charge is 0.256 e. The summed E-state index contributed by atoms with van der Waals surface area (Å²) in [5.41, 5.74) is 8.73. The van der Waals surface area contributed by atoms with Crippen LogP contribution < -0.4 is 5.73 Å². The molecule has 0 bridgehead atoms. The van der Waals surface area contributed by atoms with E-state index in [4.69, 9.17) is 17.3 Å². The van der Waals surface area contributed by atoms with Crippen LogP contribution in [0.2, 0.25) is 5.02 Å². The summed E-state index contributed by atoms with van der Waals surface area (Å²) in [7, 11) is 0. The molecule has 1 aliphatic rings. The fourth-order valence-electron chi connectivity index (χ4n) is 4.32. The lowest BCUT2D eigenvalue weighted by atomic mass is 9.95. The minimum Gasteiger partial charge on any atom is -0.368 e. The van der Waals surface area contributed by atoms with Gasteiger partial charge in [-0.05, 0) is 66.3 Å². The molecule has 0 aliphatic heterocycles. The molecule has 7 heteroatoms. The van der Waals surface area contributed by atoms with Gasteiger partial charge in [0, 0.05) is 17.4 Å². The number of fused-ring (bicyclic) bond motifs is 1. The molecule has 1 heterocycles. The molecule has 0 saturated heterocycles. The summed E-state index contributed by atoms with van der Waals surface area (Å²) >= 11 is 6.13. The first-order chi connectivity index (χ1) is 14.9. The van der Waals surface area contributed by atoms with Crippen LogP contribution in [0.4, 0.5) is 4.39 Å². The second-order valence-corrected chi connectivity index (χ2v) is 8.06. The molecule has 2 aromatic carbocycles. The van der Waals surface area contributed by atoms with Crippen LogP contribution in [0.5, 0.6) is 0 Å². The van der Waals surface area contributed by atoms with Gasteiger partial charge >= 0.3 is 0 Å². The van der Waals surface area contributed by atoms with Crippen molar-refractivity contribution in [1.29, 1.82) is 0 Å². The van der Waals surface area contributed by atoms with Crippen molar-refractivity contribution in [3.8, 4) is 0 Å². The molecule has 2 N–H and O–H groups in total. The van der Waals surface area contributed by atoms with Gasteiger partial charge in [-0.2, -0.15) is 0 Å². The molecule has 0 radical (unpaired) electrons. The predicted octanol–water partition coefficient (Wildman–Crippen LogP) is 4.54. The average Bonchev–Trinajstić information content (AvgIpc) is 3.16. The lowest BCUT2D eigenvalue weighted by Gasteiger charge is -2.36. The first-order valence-electron chi connectivity index (χ1n) is 9.94. The van der Waals surface area contributed by atoms with Crippen molar-refractivity contribution in [3.63, 3.8) is 0 Å². The molecule has 4 rings (SSSR count). The summed E-state index contributed by atoms with van der Waals surface area (Å²) < 4.78 is 14.6. The van der Waals surface area contributed by atoms with E-state index in [0.717, 1.165) is 5.56 Å². The number of aryl methyl sites for hydroxylation is 1. The Morgan fingerprint density at radius 2 is 2.00 bits per heavy atom. The van der Waals surface area contributed by atoms with Crippen LogP contribution in [-0.2, 0) is 11.2 Å². The summed E-state index contributed by atoms with van der Waals surface area (Å²) in [5, 5.41) is 0.239. The second-order valence-electron chi connectivity index (χ2n) is 7.63. The summed E-state index contributed by atoms with van der Waals surface area (Å²) in [6.45, 7) is 1.86. The maximum absolute atomic E-state index is 14.6. The zero-order valence-electron chi connectivity index (χ0n) is 16.9. The zero-order chi connectivity index (χ0) is 22.1. The Morgan fingerprint density at radius 3 is 2.68 bits per heavy atom. The number of pyridine rings is 1. The van der Waals surface area contributed by atoms with Crippen molar-refractivity contribution in [2.45, 2.75) is 31.8 Å². The minimum absolute atomic E-state index is 0.239. The van der Waals surface area contributed by atoms with Gasteiger partial charge in [0.15, 0.2) is 0 Å². The molecular formula is C24H21ClFN3O2. The number of primary amides is 1. The molecule has 158 valence electrons. The van der Waals surface area contributed by atoms with Gasteiger partial charge in [0.2, 0.25) is 5.91 Å². The Morgan fingerprint density at radius 1 is 1.23 bits per heavy atom. The molecule has 2 atom stereocenters. The third kappa shape index (κ3) is 3.91. The van der Waals surface area contributed by atoms with Gasteiger partial charge in [-0.3, -0.25) is 14.6 Å². The van der Waals surface area contributed by atoms with Crippen molar-refractivity contribution in [3.05, 3.63) is 99.6 Å². The molecule has 1 aromatic heterocycles. The Kier molecular flexibility index (Phi) is 5.74. The van der Waals surface area contributed by atoms with E-state index in [0.29, 0.717) is 35.1 Å². The first-order valence-corrected chi connectivity index (χ1v) is 10.3. The van der Waals surface area contributed by atoms with E-state index in [1.165, 1.54) is 17.2 Å². The fourth-order valence-corrected chi connectivity index (χ4v) is 4.53. The zero-order valence-corrected chi connectivity index (χ0v) is 17.6. The number of aromatic nitrogens is 1. The van der Waals surface area contributed by atoms with Crippen LogP contribution in [0, 0.1) is 12.7 Å². The fraction of sp³-hybridized carbons (Fsp3) is 0.208. The Labute approximate surface area is 184 Å². The number of nitrogens with zero attached hydrogens (tertiary/aromatic N) is 2. The predicted molar refractivity (Wildman–Crippen MR) is 116 cm³/mol. The maximum Gasteiger partial charge on any atom is 0.256 e. The summed E-state index contributed by atoms with van der Waals surface area (Å²) in [6, 6.07) is 11.9. The van der Waals surface area contributed by atoms with E-state index < -0.39 is 29.7 Å². The van der Waals surface area contributed by atoms with E-state index >= 15 is 0 Å². The van der Waals surface area contributed by atoms with Crippen LogP contribution in [0.1, 0.15) is 51.1 Å². The molecule has 5 nitrogen and oxygen atoms in total. The highest BCUT2D eigenvalue weighted by atomic mass is 35.5. The van der Waals surface area contributed by atoms with Gasteiger partial charge in [-0.1, -0.05) is 35.9 Å². The number of halogens is 2. The number of benzene rings is 2. The standard InChI is InChI=1S/C24H21ClFN3O2/c1-14-5-2-3-7-17(14)22(23(27)30)29(24(31)15-6-4-10-28-13-15)21-9-8-18-19(21)11-16(25)12-20(18)26/h2-7,10-13,21-22H,8-9H2,1H3,(H2,27,30)/t21-,22-/m1/s1. The Balaban J connectivity index is 1.90. The minimum atomic E-state index is -1.04. The van der Waals surface area contributed by atoms with Crippen molar-refractivity contribution in [2.24, 2.45) is 5.73 Å². The van der Waals surface area contributed by atoms with Crippen LogP contribution >= 0.6 is 11.6 Å². The Bertz CT molecular complexity index is 1150. The van der Waals surface area contributed by atoms with Gasteiger partial charge in [0.25, 0.3) is 5.91 Å². The number of hydrogen-bond donors (Lipinski definition) is 1. The van der Waals surface area contributed by atoms with E-state index in [1.54, 1.807) is 36.5 Å². The third-order valence-electron chi connectivity index (χ3n) is 5.73. The highest BCUT2D eigenvalue weighted by Gasteiger charge is 2.40. The van der Waals surface area contributed by atoms with Gasteiger partial charge in [0.05, 0.1) is 11.6 Å². The number of rotatable bonds is 5. The van der Waals surface area contributed by atoms with Crippen LogP contribution in [-0.4, -0.2) is 21.7 Å². The molecule has 1 aliphatic carbocycles. The second kappa shape index (κ2) is 8.47. The van der Waals surface area contributed by atoms with Crippen molar-refractivity contribution in [2.75, 3.05) is 0 Å². The number of nitrogens with two attached hydrogens (primary N) is 1. The maximum atomic E-state index is 14.6. The van der Waals surface area contributed by atoms with E-state index in [1.807, 2.05) is 19.1 Å². The van der Waals surface area contributed by atoms with Crippen molar-refractivity contribution in [1.82, 2.24) is 9.88 Å². The molecule has 2 amide bonds. The Hall–Kier alpha value is -3.25. The van der Waals surface area contributed by atoms with Gasteiger partial charge < -0.3 is 10.6 Å². The van der Waals surface area contributed by atoms with Crippen molar-refractivity contribution < 1.29 is 14.0 Å². The van der Waals surface area contributed by atoms with Crippen LogP contribution in [0.25, 0.3) is 0 Å². The lowest BCUT2D eigenvalue weighted by Crippen LogP contribution is -2.43. The summed E-state index contributed by atoms with van der Waals surface area (Å²) in [5.74, 6) is -1.48. The summed E-state index contributed by atoms with van der Waals surface area (Å²) in [4.78, 5) is 31.9. The van der Waals surface area contributed by atoms with Gasteiger partial charge in [0.1, 0.15) is 11.9 Å². The number of amides is 2. The number of carbonyl (C=O) groups excluding carboxylic acids is 2. The highest BCUT2D eigenvalue weighted by molar-refractivity contribution is 6.30. The number of carbonyl (C=O) groups is 2. The average molecular weight is 438 g/mol. The third-order valence-corrected chi connectivity index (χ3v) is 5.95. The topological polar surface area (TPSA) is 76.3 Å². The van der Waals surface area contributed by atoms with E-state index in [2.05, 4.69) is 4.98 Å². The molecule has 0 unspecified atom stereocenters. The van der Waals surface area contributed by atoms with Crippen molar-refractivity contribution >= 4 is 23.4 Å². The van der Waals surface area contributed by atoms with Gasteiger partial charge in [-0.15, -0.1) is 0 Å². The molecular weight excluding hydrogens is 417 g/mol. The quantitative estimate of drug-likeness (QED) is 0.636. The molecule has 0 fully saturated rings. The first kappa shape index (κ1) is 21.0.